The van der Waals surface area contributed by atoms with Crippen LogP contribution in [0.2, 0.25) is 0 Å². The molecule has 0 amide bonds. The third kappa shape index (κ3) is 4.88. The molecule has 0 fully saturated rings. The minimum atomic E-state index is -0.386. The van der Waals surface area contributed by atoms with Crippen LogP contribution in [0.1, 0.15) is 25.8 Å². The number of aliphatic hydroxyl groups is 1. The van der Waals surface area contributed by atoms with Crippen molar-refractivity contribution in [3.8, 4) is 17.6 Å². The van der Waals surface area contributed by atoms with Crippen molar-refractivity contribution < 1.29 is 14.2 Å². The average Bonchev–Trinajstić information content (AvgIpc) is 2.29. The van der Waals surface area contributed by atoms with E-state index in [0.29, 0.717) is 18.1 Å². The zero-order valence-electron chi connectivity index (χ0n) is 10.2. The van der Waals surface area contributed by atoms with Gasteiger partial charge in [-0.15, -0.1) is 0 Å². The number of rotatable bonds is 4. The minimum Gasteiger partial charge on any atom is -0.490 e. The summed E-state index contributed by atoms with van der Waals surface area (Å²) in [5, 5.41) is 8.58. The summed E-state index contributed by atoms with van der Waals surface area (Å²) < 4.78 is 18.8. The van der Waals surface area contributed by atoms with Crippen molar-refractivity contribution in [2.45, 2.75) is 20.3 Å². The third-order valence-electron chi connectivity index (χ3n) is 2.20. The second-order valence-corrected chi connectivity index (χ2v) is 4.14. The fourth-order valence-corrected chi connectivity index (χ4v) is 1.24. The maximum atomic E-state index is 13.4. The highest BCUT2D eigenvalue weighted by Crippen LogP contribution is 2.19. The maximum Gasteiger partial charge on any atom is 0.165 e. The number of hydrogen-bond acceptors (Lipinski definition) is 2. The van der Waals surface area contributed by atoms with Crippen molar-refractivity contribution in [1.82, 2.24) is 0 Å². The van der Waals surface area contributed by atoms with Gasteiger partial charge in [-0.2, -0.15) is 0 Å². The smallest absolute Gasteiger partial charge is 0.165 e. The first-order chi connectivity index (χ1) is 8.13. The van der Waals surface area contributed by atoms with E-state index in [2.05, 4.69) is 25.7 Å². The van der Waals surface area contributed by atoms with Gasteiger partial charge in [-0.25, -0.2) is 4.39 Å². The lowest BCUT2D eigenvalue weighted by Crippen LogP contribution is -2.02. The van der Waals surface area contributed by atoms with Gasteiger partial charge in [0.25, 0.3) is 0 Å². The Hall–Kier alpha value is -1.53. The van der Waals surface area contributed by atoms with Crippen LogP contribution in [0.3, 0.4) is 0 Å². The van der Waals surface area contributed by atoms with Gasteiger partial charge < -0.3 is 9.84 Å². The van der Waals surface area contributed by atoms with Gasteiger partial charge in [0.05, 0.1) is 6.61 Å². The number of benzene rings is 1. The van der Waals surface area contributed by atoms with Gasteiger partial charge in [0, 0.05) is 5.56 Å². The molecular formula is C14H17FO2. The topological polar surface area (TPSA) is 29.5 Å². The van der Waals surface area contributed by atoms with Crippen LogP contribution >= 0.6 is 0 Å². The summed E-state index contributed by atoms with van der Waals surface area (Å²) >= 11 is 0. The molecule has 0 saturated carbocycles. The summed E-state index contributed by atoms with van der Waals surface area (Å²) in [7, 11) is 0. The van der Waals surface area contributed by atoms with Crippen LogP contribution in [0.5, 0.6) is 5.75 Å². The maximum absolute atomic E-state index is 13.4. The second-order valence-electron chi connectivity index (χ2n) is 4.14. The normalized spacial score (nSPS) is 9.94. The first kappa shape index (κ1) is 13.5. The first-order valence-electron chi connectivity index (χ1n) is 5.65. The Morgan fingerprint density at radius 2 is 2.18 bits per heavy atom. The largest absolute Gasteiger partial charge is 0.490 e. The molecule has 1 N–H and O–H groups in total. The molecule has 0 saturated heterocycles. The van der Waals surface area contributed by atoms with Crippen LogP contribution in [0.15, 0.2) is 18.2 Å². The molecule has 0 heterocycles. The van der Waals surface area contributed by atoms with E-state index in [1.165, 1.54) is 6.07 Å². The lowest BCUT2D eigenvalue weighted by Gasteiger charge is -2.09. The average molecular weight is 236 g/mol. The molecule has 0 spiro atoms. The fraction of sp³-hybridized carbons (Fsp3) is 0.429. The standard InChI is InChI=1S/C14H17FO2/c1-11(2)7-9-17-14-10-12(4-3-8-16)5-6-13(14)15/h5-6,10-11,16H,7-9H2,1-2H3. The minimum absolute atomic E-state index is 0.207. The Bertz CT molecular complexity index is 416. The zero-order valence-corrected chi connectivity index (χ0v) is 10.2. The highest BCUT2D eigenvalue weighted by atomic mass is 19.1. The van der Waals surface area contributed by atoms with Crippen molar-refractivity contribution in [2.24, 2.45) is 5.92 Å². The summed E-state index contributed by atoms with van der Waals surface area (Å²) in [6.07, 6.45) is 0.881. The molecule has 0 aliphatic carbocycles. The quantitative estimate of drug-likeness (QED) is 0.814. The lowest BCUT2D eigenvalue weighted by molar-refractivity contribution is 0.276. The van der Waals surface area contributed by atoms with E-state index in [9.17, 15) is 4.39 Å². The predicted molar refractivity (Wildman–Crippen MR) is 65.3 cm³/mol. The number of halogens is 1. The third-order valence-corrected chi connectivity index (χ3v) is 2.20. The molecule has 0 atom stereocenters. The van der Waals surface area contributed by atoms with Crippen LogP contribution in [0.4, 0.5) is 4.39 Å². The van der Waals surface area contributed by atoms with Crippen molar-refractivity contribution in [2.75, 3.05) is 13.2 Å². The highest BCUT2D eigenvalue weighted by molar-refractivity contribution is 5.40. The van der Waals surface area contributed by atoms with Crippen molar-refractivity contribution in [3.05, 3.63) is 29.6 Å². The Labute approximate surface area is 101 Å². The lowest BCUT2D eigenvalue weighted by atomic mass is 10.1. The molecule has 92 valence electrons. The molecule has 1 aromatic rings. The van der Waals surface area contributed by atoms with Crippen molar-refractivity contribution >= 4 is 0 Å². The summed E-state index contributed by atoms with van der Waals surface area (Å²) in [6.45, 7) is 4.46. The van der Waals surface area contributed by atoms with Crippen LogP contribution in [0, 0.1) is 23.6 Å². The summed E-state index contributed by atoms with van der Waals surface area (Å²) in [6, 6.07) is 4.44. The van der Waals surface area contributed by atoms with Gasteiger partial charge in [-0.05, 0) is 30.5 Å². The molecular weight excluding hydrogens is 219 g/mol. The molecule has 0 aromatic heterocycles. The van der Waals surface area contributed by atoms with Crippen LogP contribution in [0.25, 0.3) is 0 Å². The monoisotopic (exact) mass is 236 g/mol. The number of hydrogen-bond donors (Lipinski definition) is 1. The van der Waals surface area contributed by atoms with Crippen LogP contribution in [-0.4, -0.2) is 18.3 Å². The Morgan fingerprint density at radius 1 is 1.41 bits per heavy atom. The predicted octanol–water partition coefficient (Wildman–Crippen LogP) is 2.59. The Morgan fingerprint density at radius 3 is 2.82 bits per heavy atom. The molecule has 1 aromatic carbocycles. The fourth-order valence-electron chi connectivity index (χ4n) is 1.24. The SMILES string of the molecule is CC(C)CCOc1cc(C#CCO)ccc1F. The van der Waals surface area contributed by atoms with Gasteiger partial charge in [0.2, 0.25) is 0 Å². The molecule has 0 aliphatic rings. The summed E-state index contributed by atoms with van der Waals surface area (Å²) in [5.74, 6) is 5.58. The second kappa shape index (κ2) is 6.93. The van der Waals surface area contributed by atoms with Crippen molar-refractivity contribution in [3.63, 3.8) is 0 Å². The van der Waals surface area contributed by atoms with Crippen LogP contribution in [-0.2, 0) is 0 Å². The molecule has 0 unspecified atom stereocenters. The molecule has 2 nitrogen and oxygen atoms in total. The van der Waals surface area contributed by atoms with E-state index in [-0.39, 0.29) is 18.2 Å². The first-order valence-corrected chi connectivity index (χ1v) is 5.65. The van der Waals surface area contributed by atoms with Gasteiger partial charge in [-0.1, -0.05) is 25.7 Å². The van der Waals surface area contributed by atoms with E-state index in [4.69, 9.17) is 9.84 Å². The van der Waals surface area contributed by atoms with Crippen molar-refractivity contribution in [1.29, 1.82) is 0 Å². The number of ether oxygens (including phenoxy) is 1. The Balaban J connectivity index is 2.69. The van der Waals surface area contributed by atoms with Gasteiger partial charge in [0.15, 0.2) is 11.6 Å². The van der Waals surface area contributed by atoms with Gasteiger partial charge >= 0.3 is 0 Å². The van der Waals surface area contributed by atoms with E-state index in [1.807, 2.05) is 0 Å². The van der Waals surface area contributed by atoms with E-state index < -0.39 is 0 Å². The molecule has 1 rings (SSSR count). The van der Waals surface area contributed by atoms with Gasteiger partial charge in [-0.3, -0.25) is 0 Å². The highest BCUT2D eigenvalue weighted by Gasteiger charge is 2.04. The molecule has 0 radical (unpaired) electrons. The molecule has 0 aliphatic heterocycles. The number of aliphatic hydroxyl groups excluding tert-OH is 1. The van der Waals surface area contributed by atoms with Gasteiger partial charge in [0.1, 0.15) is 6.61 Å². The van der Waals surface area contributed by atoms with E-state index >= 15 is 0 Å². The molecule has 17 heavy (non-hydrogen) atoms. The van der Waals surface area contributed by atoms with E-state index in [0.717, 1.165) is 6.42 Å². The van der Waals surface area contributed by atoms with Crippen LogP contribution < -0.4 is 4.74 Å². The Kier molecular flexibility index (Phi) is 5.51. The zero-order chi connectivity index (χ0) is 12.7. The van der Waals surface area contributed by atoms with E-state index in [1.54, 1.807) is 12.1 Å². The molecule has 3 heteroatoms. The summed E-state index contributed by atoms with van der Waals surface area (Å²) in [5.41, 5.74) is 0.639. The molecule has 0 bridgehead atoms. The summed E-state index contributed by atoms with van der Waals surface area (Å²) in [4.78, 5) is 0.